The number of methoxy groups -OCH3 is 3. The summed E-state index contributed by atoms with van der Waals surface area (Å²) in [5.74, 6) is -0.0451. The van der Waals surface area contributed by atoms with Crippen LogP contribution in [0.5, 0.6) is 17.2 Å². The first-order valence-corrected chi connectivity index (χ1v) is 7.77. The maximum Gasteiger partial charge on any atom is 0.319 e. The number of carbonyl (C=O) groups excluding carboxylic acids is 1. The van der Waals surface area contributed by atoms with Crippen LogP contribution in [0.2, 0.25) is 0 Å². The minimum Gasteiger partial charge on any atom is -0.493 e. The SMILES string of the molecule is COc1cc(CCNC(=O)Nc2ccc(F)cc2F)cc(OC)c1OC. The average Bonchev–Trinajstić information content (AvgIpc) is 2.63. The van der Waals surface area contributed by atoms with Crippen molar-refractivity contribution in [3.8, 4) is 17.2 Å². The molecule has 0 aromatic heterocycles. The van der Waals surface area contributed by atoms with Gasteiger partial charge in [0.25, 0.3) is 0 Å². The van der Waals surface area contributed by atoms with Gasteiger partial charge in [-0.2, -0.15) is 0 Å². The topological polar surface area (TPSA) is 68.8 Å². The van der Waals surface area contributed by atoms with Crippen molar-refractivity contribution in [1.29, 1.82) is 0 Å². The lowest BCUT2D eigenvalue weighted by Crippen LogP contribution is -2.30. The van der Waals surface area contributed by atoms with Crippen molar-refractivity contribution >= 4 is 11.7 Å². The van der Waals surface area contributed by atoms with E-state index in [0.717, 1.165) is 17.7 Å². The number of hydrogen-bond donors (Lipinski definition) is 2. The predicted octanol–water partition coefficient (Wildman–Crippen LogP) is 3.35. The number of urea groups is 1. The van der Waals surface area contributed by atoms with Crippen LogP contribution in [0.15, 0.2) is 30.3 Å². The molecule has 2 N–H and O–H groups in total. The van der Waals surface area contributed by atoms with Gasteiger partial charge >= 0.3 is 6.03 Å². The Morgan fingerprint density at radius 1 is 1.00 bits per heavy atom. The van der Waals surface area contributed by atoms with Crippen LogP contribution in [-0.2, 0) is 6.42 Å². The number of halogens is 2. The molecule has 8 heteroatoms. The third-order valence-corrected chi connectivity index (χ3v) is 3.60. The highest BCUT2D eigenvalue weighted by Gasteiger charge is 2.13. The second kappa shape index (κ2) is 8.89. The number of amides is 2. The third-order valence-electron chi connectivity index (χ3n) is 3.60. The molecular formula is C18H20F2N2O4. The Balaban J connectivity index is 1.95. The van der Waals surface area contributed by atoms with Gasteiger partial charge in [0.1, 0.15) is 11.6 Å². The minimum atomic E-state index is -0.843. The summed E-state index contributed by atoms with van der Waals surface area (Å²) in [7, 11) is 4.55. The Hall–Kier alpha value is -3.03. The van der Waals surface area contributed by atoms with Crippen molar-refractivity contribution in [1.82, 2.24) is 5.32 Å². The van der Waals surface area contributed by atoms with E-state index < -0.39 is 17.7 Å². The van der Waals surface area contributed by atoms with Gasteiger partial charge in [-0.1, -0.05) is 0 Å². The smallest absolute Gasteiger partial charge is 0.319 e. The van der Waals surface area contributed by atoms with Gasteiger partial charge in [0.2, 0.25) is 5.75 Å². The maximum atomic E-state index is 13.5. The lowest BCUT2D eigenvalue weighted by molar-refractivity contribution is 0.252. The van der Waals surface area contributed by atoms with Crippen molar-refractivity contribution in [3.05, 3.63) is 47.5 Å². The largest absolute Gasteiger partial charge is 0.493 e. The van der Waals surface area contributed by atoms with Crippen molar-refractivity contribution in [2.75, 3.05) is 33.2 Å². The van der Waals surface area contributed by atoms with Gasteiger partial charge in [0.15, 0.2) is 11.5 Å². The highest BCUT2D eigenvalue weighted by molar-refractivity contribution is 5.89. The molecule has 0 atom stereocenters. The number of nitrogens with one attached hydrogen (secondary N) is 2. The fraction of sp³-hybridized carbons (Fsp3) is 0.278. The van der Waals surface area contributed by atoms with Gasteiger partial charge in [-0.3, -0.25) is 0 Å². The zero-order valence-corrected chi connectivity index (χ0v) is 14.7. The maximum absolute atomic E-state index is 13.5. The van der Waals surface area contributed by atoms with E-state index in [2.05, 4.69) is 10.6 Å². The van der Waals surface area contributed by atoms with E-state index in [1.807, 2.05) is 0 Å². The molecule has 0 aliphatic carbocycles. The lowest BCUT2D eigenvalue weighted by atomic mass is 10.1. The normalized spacial score (nSPS) is 10.2. The van der Waals surface area contributed by atoms with Crippen LogP contribution in [0.3, 0.4) is 0 Å². The van der Waals surface area contributed by atoms with Crippen molar-refractivity contribution in [2.45, 2.75) is 6.42 Å². The molecule has 2 aromatic carbocycles. The second-order valence-electron chi connectivity index (χ2n) is 5.29. The molecule has 0 radical (unpaired) electrons. The Labute approximate surface area is 150 Å². The zero-order chi connectivity index (χ0) is 19.1. The molecule has 2 amide bonds. The molecule has 2 rings (SSSR count). The Kier molecular flexibility index (Phi) is 6.60. The molecule has 26 heavy (non-hydrogen) atoms. The molecule has 0 saturated heterocycles. The van der Waals surface area contributed by atoms with Crippen LogP contribution in [0.4, 0.5) is 19.3 Å². The molecule has 0 spiro atoms. The van der Waals surface area contributed by atoms with Gasteiger partial charge in [-0.25, -0.2) is 13.6 Å². The lowest BCUT2D eigenvalue weighted by Gasteiger charge is -2.14. The van der Waals surface area contributed by atoms with Crippen LogP contribution >= 0.6 is 0 Å². The van der Waals surface area contributed by atoms with E-state index in [1.165, 1.54) is 21.3 Å². The summed E-state index contributed by atoms with van der Waals surface area (Å²) in [5, 5.41) is 4.93. The summed E-state index contributed by atoms with van der Waals surface area (Å²) in [4.78, 5) is 11.8. The Bertz CT molecular complexity index is 759. The molecule has 0 aliphatic rings. The monoisotopic (exact) mass is 366 g/mol. The molecule has 140 valence electrons. The summed E-state index contributed by atoms with van der Waals surface area (Å²) in [5.41, 5.74) is 0.754. The van der Waals surface area contributed by atoms with E-state index in [-0.39, 0.29) is 12.2 Å². The van der Waals surface area contributed by atoms with Crippen LogP contribution in [0, 0.1) is 11.6 Å². The molecule has 0 bridgehead atoms. The molecule has 0 unspecified atom stereocenters. The first-order valence-electron chi connectivity index (χ1n) is 7.77. The zero-order valence-electron chi connectivity index (χ0n) is 14.7. The number of anilines is 1. The molecule has 0 aliphatic heterocycles. The van der Waals surface area contributed by atoms with Crippen LogP contribution in [-0.4, -0.2) is 33.9 Å². The number of benzene rings is 2. The first-order chi connectivity index (χ1) is 12.5. The third kappa shape index (κ3) is 4.75. The highest BCUT2D eigenvalue weighted by Crippen LogP contribution is 2.38. The summed E-state index contributed by atoms with van der Waals surface area (Å²) >= 11 is 0. The summed E-state index contributed by atoms with van der Waals surface area (Å²) in [6.07, 6.45) is 0.482. The molecule has 0 fully saturated rings. The van der Waals surface area contributed by atoms with E-state index in [1.54, 1.807) is 12.1 Å². The number of carbonyl (C=O) groups is 1. The van der Waals surface area contributed by atoms with Gasteiger partial charge in [0.05, 0.1) is 27.0 Å². The first kappa shape index (κ1) is 19.3. The Morgan fingerprint density at radius 3 is 2.19 bits per heavy atom. The molecule has 6 nitrogen and oxygen atoms in total. The van der Waals surface area contributed by atoms with Crippen molar-refractivity contribution in [2.24, 2.45) is 0 Å². The second-order valence-corrected chi connectivity index (χ2v) is 5.29. The quantitative estimate of drug-likeness (QED) is 0.789. The molecular weight excluding hydrogens is 346 g/mol. The summed E-state index contributed by atoms with van der Waals surface area (Å²) < 4.78 is 42.2. The molecule has 2 aromatic rings. The summed E-state index contributed by atoms with van der Waals surface area (Å²) in [6, 6.07) is 5.88. The van der Waals surface area contributed by atoms with E-state index >= 15 is 0 Å². The average molecular weight is 366 g/mol. The number of ether oxygens (including phenoxy) is 3. The number of hydrogen-bond acceptors (Lipinski definition) is 4. The fourth-order valence-corrected chi connectivity index (χ4v) is 2.36. The number of rotatable bonds is 7. The standard InChI is InChI=1S/C18H20F2N2O4/c1-24-15-8-11(9-16(25-2)17(15)26-3)6-7-21-18(23)22-14-5-4-12(19)10-13(14)20/h4-5,8-10H,6-7H2,1-3H3,(H2,21,22,23). The van der Waals surface area contributed by atoms with Gasteiger partial charge in [-0.15, -0.1) is 0 Å². The highest BCUT2D eigenvalue weighted by atomic mass is 19.1. The fourth-order valence-electron chi connectivity index (χ4n) is 2.36. The molecule has 0 heterocycles. The Morgan fingerprint density at radius 2 is 1.65 bits per heavy atom. The van der Waals surface area contributed by atoms with Gasteiger partial charge in [-0.05, 0) is 36.2 Å². The molecule has 0 saturated carbocycles. The van der Waals surface area contributed by atoms with E-state index in [0.29, 0.717) is 29.7 Å². The van der Waals surface area contributed by atoms with Crippen LogP contribution < -0.4 is 24.8 Å². The predicted molar refractivity (Wildman–Crippen MR) is 93.2 cm³/mol. The minimum absolute atomic E-state index is 0.100. The van der Waals surface area contributed by atoms with Crippen LogP contribution in [0.25, 0.3) is 0 Å². The van der Waals surface area contributed by atoms with Crippen molar-refractivity contribution in [3.63, 3.8) is 0 Å². The summed E-state index contributed by atoms with van der Waals surface area (Å²) in [6.45, 7) is 0.285. The van der Waals surface area contributed by atoms with Crippen LogP contribution in [0.1, 0.15) is 5.56 Å². The van der Waals surface area contributed by atoms with Crippen molar-refractivity contribution < 1.29 is 27.8 Å². The van der Waals surface area contributed by atoms with E-state index in [9.17, 15) is 13.6 Å². The van der Waals surface area contributed by atoms with Gasteiger partial charge < -0.3 is 24.8 Å². The van der Waals surface area contributed by atoms with E-state index in [4.69, 9.17) is 14.2 Å². The van der Waals surface area contributed by atoms with Gasteiger partial charge in [0, 0.05) is 12.6 Å².